The fourth-order valence-corrected chi connectivity index (χ4v) is 3.96. The monoisotopic (exact) mass is 445 g/mol. The van der Waals surface area contributed by atoms with E-state index >= 15 is 0 Å². The molecule has 0 radical (unpaired) electrons. The summed E-state index contributed by atoms with van der Waals surface area (Å²) in [6, 6.07) is 11.7. The molecule has 1 unspecified atom stereocenters. The summed E-state index contributed by atoms with van der Waals surface area (Å²) >= 11 is 0. The van der Waals surface area contributed by atoms with E-state index < -0.39 is 5.60 Å². The molecule has 0 amide bonds. The largest absolute Gasteiger partial charge is 0.493 e. The summed E-state index contributed by atoms with van der Waals surface area (Å²) in [7, 11) is 8.65. The molecule has 0 aliphatic rings. The number of aliphatic hydroxyl groups is 1. The Balaban J connectivity index is 1.96. The summed E-state index contributed by atoms with van der Waals surface area (Å²) in [6.07, 6.45) is 2.47. The molecule has 1 atom stereocenters. The van der Waals surface area contributed by atoms with Gasteiger partial charge in [-0.15, -0.1) is 0 Å². The first-order chi connectivity index (χ1) is 15.3. The highest BCUT2D eigenvalue weighted by molar-refractivity contribution is 5.45. The van der Waals surface area contributed by atoms with Crippen molar-refractivity contribution >= 4 is 0 Å². The number of ether oxygens (including phenoxy) is 4. The molecule has 178 valence electrons. The predicted molar refractivity (Wildman–Crippen MR) is 128 cm³/mol. The SMILES string of the molecule is COc1ccc(CCN(C)CCCC(O)(c2ccc(OC)c(OC)c2)C(C)C)cc1OC. The van der Waals surface area contributed by atoms with Crippen molar-refractivity contribution < 1.29 is 24.1 Å². The molecular formula is C26H39NO5. The lowest BCUT2D eigenvalue weighted by atomic mass is 9.79. The first-order valence-electron chi connectivity index (χ1n) is 11.1. The first-order valence-corrected chi connectivity index (χ1v) is 11.1. The summed E-state index contributed by atoms with van der Waals surface area (Å²) in [5.74, 6) is 2.86. The second-order valence-electron chi connectivity index (χ2n) is 8.49. The van der Waals surface area contributed by atoms with E-state index in [2.05, 4.69) is 31.9 Å². The van der Waals surface area contributed by atoms with Crippen LogP contribution >= 0.6 is 0 Å². The van der Waals surface area contributed by atoms with Crippen molar-refractivity contribution in [3.05, 3.63) is 47.5 Å². The fourth-order valence-electron chi connectivity index (χ4n) is 3.96. The third-order valence-corrected chi connectivity index (χ3v) is 6.17. The van der Waals surface area contributed by atoms with Gasteiger partial charge in [-0.2, -0.15) is 0 Å². The van der Waals surface area contributed by atoms with Crippen molar-refractivity contribution in [1.82, 2.24) is 4.90 Å². The Morgan fingerprint density at radius 3 is 1.94 bits per heavy atom. The number of benzene rings is 2. The number of hydrogen-bond acceptors (Lipinski definition) is 6. The summed E-state index contributed by atoms with van der Waals surface area (Å²) in [5, 5.41) is 11.5. The van der Waals surface area contributed by atoms with Crippen LogP contribution in [0.1, 0.15) is 37.8 Å². The maximum absolute atomic E-state index is 11.5. The molecular weight excluding hydrogens is 406 g/mol. The standard InChI is InChI=1S/C26H39NO5/c1-19(2)26(28,21-10-12-23(30-5)25(18-21)32-7)14-8-15-27(3)16-13-20-9-11-22(29-4)24(17-20)31-6/h9-12,17-19,28H,8,13-16H2,1-7H3. The number of hydrogen-bond donors (Lipinski definition) is 1. The summed E-state index contributed by atoms with van der Waals surface area (Å²) in [4.78, 5) is 2.30. The quantitative estimate of drug-likeness (QED) is 0.489. The molecule has 2 aromatic carbocycles. The van der Waals surface area contributed by atoms with Crippen LogP contribution in [0, 0.1) is 5.92 Å². The molecule has 6 nitrogen and oxygen atoms in total. The molecule has 1 N–H and O–H groups in total. The minimum Gasteiger partial charge on any atom is -0.493 e. The minimum atomic E-state index is -0.927. The van der Waals surface area contributed by atoms with Crippen LogP contribution in [0.4, 0.5) is 0 Å². The van der Waals surface area contributed by atoms with Gasteiger partial charge < -0.3 is 29.0 Å². The molecule has 2 aromatic rings. The van der Waals surface area contributed by atoms with Crippen molar-refractivity contribution in [2.75, 3.05) is 48.6 Å². The van der Waals surface area contributed by atoms with Crippen LogP contribution in [-0.2, 0) is 12.0 Å². The van der Waals surface area contributed by atoms with Gasteiger partial charge >= 0.3 is 0 Å². The Kier molecular flexibility index (Phi) is 9.66. The Labute approximate surface area is 193 Å². The number of nitrogens with zero attached hydrogens (tertiary/aromatic N) is 1. The van der Waals surface area contributed by atoms with Crippen molar-refractivity contribution in [3.8, 4) is 23.0 Å². The van der Waals surface area contributed by atoms with E-state index in [1.807, 2.05) is 30.3 Å². The van der Waals surface area contributed by atoms with Gasteiger partial charge in [0, 0.05) is 6.54 Å². The number of methoxy groups -OCH3 is 4. The summed E-state index contributed by atoms with van der Waals surface area (Å²) < 4.78 is 21.5. The minimum absolute atomic E-state index is 0.0673. The smallest absolute Gasteiger partial charge is 0.161 e. The third-order valence-electron chi connectivity index (χ3n) is 6.17. The zero-order valence-electron chi connectivity index (χ0n) is 20.6. The zero-order chi connectivity index (χ0) is 23.7. The van der Waals surface area contributed by atoms with Gasteiger partial charge in [-0.1, -0.05) is 26.0 Å². The van der Waals surface area contributed by atoms with E-state index in [0.29, 0.717) is 17.9 Å². The second kappa shape index (κ2) is 12.0. The molecule has 0 aliphatic heterocycles. The van der Waals surface area contributed by atoms with Crippen molar-refractivity contribution in [3.63, 3.8) is 0 Å². The van der Waals surface area contributed by atoms with E-state index in [4.69, 9.17) is 18.9 Å². The second-order valence-corrected chi connectivity index (χ2v) is 8.49. The van der Waals surface area contributed by atoms with Gasteiger partial charge in [0.05, 0.1) is 34.0 Å². The van der Waals surface area contributed by atoms with E-state index in [1.54, 1.807) is 28.4 Å². The molecule has 32 heavy (non-hydrogen) atoms. The molecule has 0 aliphatic carbocycles. The molecule has 6 heteroatoms. The maximum Gasteiger partial charge on any atom is 0.161 e. The highest BCUT2D eigenvalue weighted by atomic mass is 16.5. The number of likely N-dealkylation sites (N-methyl/N-ethyl adjacent to an activating group) is 1. The lowest BCUT2D eigenvalue weighted by Crippen LogP contribution is -2.33. The average Bonchev–Trinajstić information content (AvgIpc) is 2.81. The molecule has 0 aromatic heterocycles. The predicted octanol–water partition coefficient (Wildman–Crippen LogP) is 4.52. The van der Waals surface area contributed by atoms with Crippen LogP contribution in [0.15, 0.2) is 36.4 Å². The lowest BCUT2D eigenvalue weighted by molar-refractivity contribution is -0.0218. The van der Waals surface area contributed by atoms with Gasteiger partial charge in [-0.3, -0.25) is 0 Å². The molecule has 0 heterocycles. The fraction of sp³-hybridized carbons (Fsp3) is 0.538. The molecule has 0 spiro atoms. The normalized spacial score (nSPS) is 13.2. The van der Waals surface area contributed by atoms with Crippen LogP contribution in [0.25, 0.3) is 0 Å². The van der Waals surface area contributed by atoms with E-state index in [1.165, 1.54) is 5.56 Å². The van der Waals surface area contributed by atoms with Crippen LogP contribution in [0.3, 0.4) is 0 Å². The van der Waals surface area contributed by atoms with Gasteiger partial charge in [-0.05, 0) is 74.2 Å². The zero-order valence-corrected chi connectivity index (χ0v) is 20.6. The van der Waals surface area contributed by atoms with Crippen LogP contribution < -0.4 is 18.9 Å². The average molecular weight is 446 g/mol. The first kappa shape index (κ1) is 25.8. The highest BCUT2D eigenvalue weighted by Crippen LogP contribution is 2.38. The maximum atomic E-state index is 11.5. The molecule has 0 fully saturated rings. The molecule has 0 saturated carbocycles. The van der Waals surface area contributed by atoms with Crippen LogP contribution in [0.5, 0.6) is 23.0 Å². The van der Waals surface area contributed by atoms with E-state index in [9.17, 15) is 5.11 Å². The lowest BCUT2D eigenvalue weighted by Gasteiger charge is -2.34. The van der Waals surface area contributed by atoms with Gasteiger partial charge in [0.1, 0.15) is 0 Å². The van der Waals surface area contributed by atoms with E-state index in [-0.39, 0.29) is 5.92 Å². The molecule has 2 rings (SSSR count). The Morgan fingerprint density at radius 2 is 1.38 bits per heavy atom. The Bertz CT molecular complexity index is 854. The van der Waals surface area contributed by atoms with Crippen molar-refractivity contribution in [2.45, 2.75) is 38.7 Å². The van der Waals surface area contributed by atoms with Crippen LogP contribution in [-0.4, -0.2) is 58.6 Å². The summed E-state index contributed by atoms with van der Waals surface area (Å²) in [5.41, 5.74) is 1.14. The van der Waals surface area contributed by atoms with Gasteiger partial charge in [0.15, 0.2) is 23.0 Å². The Morgan fingerprint density at radius 1 is 0.812 bits per heavy atom. The van der Waals surface area contributed by atoms with Crippen LogP contribution in [0.2, 0.25) is 0 Å². The van der Waals surface area contributed by atoms with Gasteiger partial charge in [0.25, 0.3) is 0 Å². The Hall–Kier alpha value is -2.44. The molecule has 0 saturated heterocycles. The van der Waals surface area contributed by atoms with Gasteiger partial charge in [-0.25, -0.2) is 0 Å². The molecule has 0 bridgehead atoms. The van der Waals surface area contributed by atoms with Crippen molar-refractivity contribution in [2.24, 2.45) is 5.92 Å². The van der Waals surface area contributed by atoms with E-state index in [0.717, 1.165) is 43.0 Å². The van der Waals surface area contributed by atoms with Crippen molar-refractivity contribution in [1.29, 1.82) is 0 Å². The summed E-state index contributed by atoms with van der Waals surface area (Å²) in [6.45, 7) is 5.93. The third kappa shape index (κ3) is 6.30. The highest BCUT2D eigenvalue weighted by Gasteiger charge is 2.33. The number of rotatable bonds is 13. The topological polar surface area (TPSA) is 60.4 Å². The van der Waals surface area contributed by atoms with Gasteiger partial charge in [0.2, 0.25) is 0 Å².